The first-order valence-corrected chi connectivity index (χ1v) is 9.71. The zero-order chi connectivity index (χ0) is 19.0. The van der Waals surface area contributed by atoms with Gasteiger partial charge in [-0.2, -0.15) is 0 Å². The molecule has 1 heterocycles. The molecule has 0 aliphatic heterocycles. The Balaban J connectivity index is 1.37. The second kappa shape index (κ2) is 9.40. The highest BCUT2D eigenvalue weighted by Gasteiger charge is 2.44. The normalized spacial score (nSPS) is 14.4. The first-order valence-electron chi connectivity index (χ1n) is 9.71. The summed E-state index contributed by atoms with van der Waals surface area (Å²) in [5.74, 6) is 1.69. The Bertz CT molecular complexity index is 712. The molecular formula is C22H28N2O3. The van der Waals surface area contributed by atoms with Gasteiger partial charge in [0.25, 0.3) is 0 Å². The van der Waals surface area contributed by atoms with Crippen LogP contribution in [0.3, 0.4) is 0 Å². The average molecular weight is 368 g/mol. The molecule has 0 spiro atoms. The molecule has 1 N–H and O–H groups in total. The van der Waals surface area contributed by atoms with Gasteiger partial charge >= 0.3 is 5.97 Å². The van der Waals surface area contributed by atoms with Crippen molar-refractivity contribution in [1.29, 1.82) is 0 Å². The molecule has 5 heteroatoms. The third kappa shape index (κ3) is 6.27. The van der Waals surface area contributed by atoms with E-state index >= 15 is 0 Å². The number of aromatic nitrogens is 1. The second-order valence-corrected chi connectivity index (χ2v) is 7.15. The molecule has 27 heavy (non-hydrogen) atoms. The monoisotopic (exact) mass is 368 g/mol. The fraction of sp³-hybridized carbons (Fsp3) is 0.455. The van der Waals surface area contributed by atoms with Gasteiger partial charge in [0.2, 0.25) is 0 Å². The Kier molecular flexibility index (Phi) is 6.69. The van der Waals surface area contributed by atoms with Gasteiger partial charge in [-0.05, 0) is 67.9 Å². The number of carbonyl (C=O) groups is 1. The summed E-state index contributed by atoms with van der Waals surface area (Å²) >= 11 is 0. The molecule has 1 aliphatic rings. The Morgan fingerprint density at radius 3 is 2.67 bits per heavy atom. The van der Waals surface area contributed by atoms with E-state index in [1.807, 2.05) is 37.3 Å². The van der Waals surface area contributed by atoms with Crippen LogP contribution in [0.5, 0.6) is 5.75 Å². The van der Waals surface area contributed by atoms with E-state index in [0.717, 1.165) is 43.8 Å². The summed E-state index contributed by atoms with van der Waals surface area (Å²) < 4.78 is 10.9. The minimum Gasteiger partial charge on any atom is -0.494 e. The molecule has 0 radical (unpaired) electrons. The lowest BCUT2D eigenvalue weighted by Gasteiger charge is -2.14. The quantitative estimate of drug-likeness (QED) is 0.475. The third-order valence-electron chi connectivity index (χ3n) is 4.85. The van der Waals surface area contributed by atoms with Crippen molar-refractivity contribution >= 4 is 11.8 Å². The van der Waals surface area contributed by atoms with Crippen LogP contribution in [-0.4, -0.2) is 30.7 Å². The van der Waals surface area contributed by atoms with Crippen molar-refractivity contribution in [3.63, 3.8) is 0 Å². The van der Waals surface area contributed by atoms with Crippen molar-refractivity contribution in [3.05, 3.63) is 54.2 Å². The lowest BCUT2D eigenvalue weighted by molar-refractivity contribution is -0.144. The number of rotatable bonds is 11. The zero-order valence-corrected chi connectivity index (χ0v) is 15.9. The number of benzene rings is 1. The van der Waals surface area contributed by atoms with E-state index in [4.69, 9.17) is 9.47 Å². The number of pyridine rings is 1. The predicted octanol–water partition coefficient (Wildman–Crippen LogP) is 4.24. The van der Waals surface area contributed by atoms with E-state index in [1.165, 1.54) is 5.56 Å². The molecule has 1 fully saturated rings. The van der Waals surface area contributed by atoms with Crippen LogP contribution in [0.25, 0.3) is 0 Å². The topological polar surface area (TPSA) is 60.5 Å². The molecule has 0 unspecified atom stereocenters. The van der Waals surface area contributed by atoms with Crippen LogP contribution in [-0.2, 0) is 16.0 Å². The zero-order valence-electron chi connectivity index (χ0n) is 15.9. The summed E-state index contributed by atoms with van der Waals surface area (Å²) in [5.41, 5.74) is 1.37. The Morgan fingerprint density at radius 1 is 1.19 bits per heavy atom. The Hall–Kier alpha value is -2.56. The van der Waals surface area contributed by atoms with Gasteiger partial charge in [0, 0.05) is 12.7 Å². The number of nitrogens with one attached hydrogen (secondary N) is 1. The van der Waals surface area contributed by atoms with Crippen LogP contribution < -0.4 is 10.1 Å². The molecule has 3 rings (SSSR count). The van der Waals surface area contributed by atoms with Crippen molar-refractivity contribution in [3.8, 4) is 5.75 Å². The maximum atomic E-state index is 11.8. The lowest BCUT2D eigenvalue weighted by atomic mass is 9.93. The van der Waals surface area contributed by atoms with E-state index < -0.39 is 0 Å². The molecule has 0 atom stereocenters. The summed E-state index contributed by atoms with van der Waals surface area (Å²) in [7, 11) is 0. The van der Waals surface area contributed by atoms with Gasteiger partial charge in [-0.1, -0.05) is 18.2 Å². The first kappa shape index (κ1) is 19.2. The summed E-state index contributed by atoms with van der Waals surface area (Å²) in [6, 6.07) is 14.1. The largest absolute Gasteiger partial charge is 0.494 e. The van der Waals surface area contributed by atoms with Gasteiger partial charge in [0.15, 0.2) is 0 Å². The fourth-order valence-electron chi connectivity index (χ4n) is 3.19. The van der Waals surface area contributed by atoms with Crippen LogP contribution in [0.4, 0.5) is 5.82 Å². The second-order valence-electron chi connectivity index (χ2n) is 7.15. The van der Waals surface area contributed by atoms with Crippen LogP contribution in [0.1, 0.15) is 38.2 Å². The number of anilines is 1. The smallest absolute Gasteiger partial charge is 0.306 e. The van der Waals surface area contributed by atoms with Crippen LogP contribution >= 0.6 is 0 Å². The summed E-state index contributed by atoms with van der Waals surface area (Å²) in [6.07, 6.45) is 6.35. The van der Waals surface area contributed by atoms with Crippen molar-refractivity contribution in [2.45, 2.75) is 39.0 Å². The van der Waals surface area contributed by atoms with Crippen LogP contribution in [0.2, 0.25) is 0 Å². The highest BCUT2D eigenvalue weighted by Crippen LogP contribution is 2.51. The SMILES string of the molecule is CCOC(=O)CC1(Cc2ccc(OCCCNc3ccccn3)cc2)CC1. The van der Waals surface area contributed by atoms with Crippen LogP contribution in [0, 0.1) is 5.41 Å². The number of ether oxygens (including phenoxy) is 2. The van der Waals surface area contributed by atoms with Crippen molar-refractivity contribution in [1.82, 2.24) is 4.98 Å². The van der Waals surface area contributed by atoms with E-state index in [-0.39, 0.29) is 11.4 Å². The Morgan fingerprint density at radius 2 is 2.00 bits per heavy atom. The van der Waals surface area contributed by atoms with Crippen molar-refractivity contribution < 1.29 is 14.3 Å². The minimum absolute atomic E-state index is 0.0748. The number of nitrogens with zero attached hydrogens (tertiary/aromatic N) is 1. The molecule has 144 valence electrons. The molecule has 5 nitrogen and oxygen atoms in total. The van der Waals surface area contributed by atoms with Crippen molar-refractivity contribution in [2.24, 2.45) is 5.41 Å². The van der Waals surface area contributed by atoms with Crippen LogP contribution in [0.15, 0.2) is 48.7 Å². The standard InChI is InChI=1S/C22H28N2O3/c1-2-26-21(25)17-22(11-12-22)16-18-7-9-19(10-8-18)27-15-5-14-24-20-6-3-4-13-23-20/h3-4,6-10,13H,2,5,11-12,14-17H2,1H3,(H,23,24). The van der Waals surface area contributed by atoms with Gasteiger partial charge in [-0.15, -0.1) is 0 Å². The van der Waals surface area contributed by atoms with E-state index in [1.54, 1.807) is 6.20 Å². The molecule has 0 saturated heterocycles. The third-order valence-corrected chi connectivity index (χ3v) is 4.85. The number of esters is 1. The lowest BCUT2D eigenvalue weighted by Crippen LogP contribution is -2.14. The predicted molar refractivity (Wildman–Crippen MR) is 106 cm³/mol. The van der Waals surface area contributed by atoms with Gasteiger partial charge in [0.1, 0.15) is 11.6 Å². The maximum Gasteiger partial charge on any atom is 0.306 e. The number of carbonyl (C=O) groups excluding carboxylic acids is 1. The van der Waals surface area contributed by atoms with Gasteiger partial charge in [-0.3, -0.25) is 4.79 Å². The fourth-order valence-corrected chi connectivity index (χ4v) is 3.19. The van der Waals surface area contributed by atoms with Gasteiger partial charge in [-0.25, -0.2) is 4.98 Å². The molecule has 0 amide bonds. The summed E-state index contributed by atoms with van der Waals surface area (Å²) in [5, 5.41) is 3.27. The molecule has 0 bridgehead atoms. The van der Waals surface area contributed by atoms with E-state index in [0.29, 0.717) is 19.6 Å². The van der Waals surface area contributed by atoms with Crippen molar-refractivity contribution in [2.75, 3.05) is 25.1 Å². The summed E-state index contributed by atoms with van der Waals surface area (Å²) in [4.78, 5) is 16.0. The minimum atomic E-state index is -0.0748. The highest BCUT2D eigenvalue weighted by molar-refractivity contribution is 5.70. The number of hydrogen-bond donors (Lipinski definition) is 1. The first-order chi connectivity index (χ1) is 13.2. The van der Waals surface area contributed by atoms with Gasteiger partial charge in [0.05, 0.1) is 19.6 Å². The average Bonchev–Trinajstić information content (AvgIpc) is 3.42. The molecule has 1 aromatic heterocycles. The summed E-state index contributed by atoms with van der Waals surface area (Å²) in [6.45, 7) is 3.79. The maximum absolute atomic E-state index is 11.8. The molecule has 1 aromatic carbocycles. The highest BCUT2D eigenvalue weighted by atomic mass is 16.5. The molecular weight excluding hydrogens is 340 g/mol. The Labute approximate surface area is 161 Å². The molecule has 2 aromatic rings. The van der Waals surface area contributed by atoms with E-state index in [2.05, 4.69) is 22.4 Å². The molecule has 1 saturated carbocycles. The van der Waals surface area contributed by atoms with Gasteiger partial charge < -0.3 is 14.8 Å². The van der Waals surface area contributed by atoms with E-state index in [9.17, 15) is 4.79 Å². The molecule has 1 aliphatic carbocycles. The number of hydrogen-bond acceptors (Lipinski definition) is 5.